The van der Waals surface area contributed by atoms with Gasteiger partial charge in [0.25, 0.3) is 5.69 Å². The third-order valence-corrected chi connectivity index (χ3v) is 5.83. The van der Waals surface area contributed by atoms with Gasteiger partial charge in [-0.3, -0.25) is 14.9 Å². The molecule has 0 radical (unpaired) electrons. The number of anilines is 1. The standard InChI is InChI=1S/C24H24FN5O3/c1-17-23(18(2)29(26-17)21-5-3-19(25)4-6-21)11-12-24(31)28-15-13-27(14-16-28)20-7-9-22(10-8-20)30(32)33/h3-12H,13-16H2,1-2H3. The minimum Gasteiger partial charge on any atom is -0.368 e. The summed E-state index contributed by atoms with van der Waals surface area (Å²) >= 11 is 0. The van der Waals surface area contributed by atoms with Crippen molar-refractivity contribution in [1.82, 2.24) is 14.7 Å². The van der Waals surface area contributed by atoms with Gasteiger partial charge in [-0.25, -0.2) is 9.07 Å². The quantitative estimate of drug-likeness (QED) is 0.335. The zero-order valence-electron chi connectivity index (χ0n) is 18.4. The molecule has 0 unspecified atom stereocenters. The number of carbonyl (C=O) groups is 1. The van der Waals surface area contributed by atoms with Gasteiger partial charge in [0.15, 0.2) is 0 Å². The molecule has 1 aliphatic heterocycles. The summed E-state index contributed by atoms with van der Waals surface area (Å²) in [6, 6.07) is 12.6. The second-order valence-corrected chi connectivity index (χ2v) is 7.89. The molecule has 0 saturated carbocycles. The van der Waals surface area contributed by atoms with Gasteiger partial charge in [0.05, 0.1) is 16.3 Å². The van der Waals surface area contributed by atoms with Crippen molar-refractivity contribution >= 4 is 23.4 Å². The summed E-state index contributed by atoms with van der Waals surface area (Å²) in [6.45, 7) is 6.21. The number of carbonyl (C=O) groups excluding carboxylic acids is 1. The van der Waals surface area contributed by atoms with Crippen LogP contribution in [0.1, 0.15) is 17.0 Å². The Morgan fingerprint density at radius 3 is 2.21 bits per heavy atom. The number of halogens is 1. The van der Waals surface area contributed by atoms with Crippen molar-refractivity contribution in [3.63, 3.8) is 0 Å². The van der Waals surface area contributed by atoms with Crippen molar-refractivity contribution in [2.24, 2.45) is 0 Å². The van der Waals surface area contributed by atoms with E-state index in [0.29, 0.717) is 26.2 Å². The molecular weight excluding hydrogens is 425 g/mol. The maximum absolute atomic E-state index is 13.2. The Balaban J connectivity index is 1.39. The zero-order chi connectivity index (χ0) is 23.5. The Labute approximate surface area is 190 Å². The smallest absolute Gasteiger partial charge is 0.269 e. The number of aromatic nitrogens is 2. The van der Waals surface area contributed by atoms with Crippen molar-refractivity contribution in [2.45, 2.75) is 13.8 Å². The molecule has 0 bridgehead atoms. The van der Waals surface area contributed by atoms with E-state index >= 15 is 0 Å². The van der Waals surface area contributed by atoms with Crippen LogP contribution in [0.15, 0.2) is 54.6 Å². The second-order valence-electron chi connectivity index (χ2n) is 7.89. The molecule has 33 heavy (non-hydrogen) atoms. The van der Waals surface area contributed by atoms with Crippen LogP contribution in [0.2, 0.25) is 0 Å². The van der Waals surface area contributed by atoms with E-state index in [2.05, 4.69) is 10.00 Å². The molecule has 1 aromatic heterocycles. The number of non-ortho nitro benzene ring substituents is 1. The van der Waals surface area contributed by atoms with Crippen LogP contribution >= 0.6 is 0 Å². The number of hydrogen-bond donors (Lipinski definition) is 0. The SMILES string of the molecule is Cc1nn(-c2ccc(F)cc2)c(C)c1C=CC(=O)N1CCN(c2ccc([N+](=O)[O-])cc2)CC1. The van der Waals surface area contributed by atoms with Crippen LogP contribution in [0.5, 0.6) is 0 Å². The Morgan fingerprint density at radius 1 is 1.00 bits per heavy atom. The van der Waals surface area contributed by atoms with Crippen molar-refractivity contribution in [3.05, 3.63) is 87.5 Å². The molecule has 1 fully saturated rings. The highest BCUT2D eigenvalue weighted by molar-refractivity contribution is 5.92. The third-order valence-electron chi connectivity index (χ3n) is 5.83. The van der Waals surface area contributed by atoms with E-state index in [0.717, 1.165) is 28.3 Å². The van der Waals surface area contributed by atoms with Gasteiger partial charge in [0.1, 0.15) is 5.82 Å². The van der Waals surface area contributed by atoms with Crippen molar-refractivity contribution < 1.29 is 14.1 Å². The fraction of sp³-hybridized carbons (Fsp3) is 0.250. The summed E-state index contributed by atoms with van der Waals surface area (Å²) < 4.78 is 15.0. The molecule has 2 heterocycles. The molecule has 0 spiro atoms. The summed E-state index contributed by atoms with van der Waals surface area (Å²) in [5.41, 5.74) is 4.23. The van der Waals surface area contributed by atoms with E-state index in [1.807, 2.05) is 13.8 Å². The Kier molecular flexibility index (Phi) is 6.21. The van der Waals surface area contributed by atoms with Crippen LogP contribution in [0.4, 0.5) is 15.8 Å². The maximum atomic E-state index is 13.2. The van der Waals surface area contributed by atoms with Gasteiger partial charge in [-0.1, -0.05) is 0 Å². The molecule has 0 aliphatic carbocycles. The minimum absolute atomic E-state index is 0.0611. The number of rotatable bonds is 5. The number of nitrogens with zero attached hydrogens (tertiary/aromatic N) is 5. The predicted octanol–water partition coefficient (Wildman–Crippen LogP) is 3.90. The molecule has 4 rings (SSSR count). The Bertz CT molecular complexity index is 1190. The molecule has 1 saturated heterocycles. The molecule has 1 amide bonds. The average Bonchev–Trinajstić information content (AvgIpc) is 3.11. The predicted molar refractivity (Wildman–Crippen MR) is 124 cm³/mol. The fourth-order valence-electron chi connectivity index (χ4n) is 3.96. The van der Waals surface area contributed by atoms with Crippen LogP contribution in [0.3, 0.4) is 0 Å². The van der Waals surface area contributed by atoms with Gasteiger partial charge in [-0.2, -0.15) is 5.10 Å². The van der Waals surface area contributed by atoms with Crippen molar-refractivity contribution in [2.75, 3.05) is 31.1 Å². The van der Waals surface area contributed by atoms with Crippen LogP contribution in [-0.4, -0.2) is 51.7 Å². The number of hydrogen-bond acceptors (Lipinski definition) is 5. The molecule has 8 nitrogen and oxygen atoms in total. The summed E-state index contributed by atoms with van der Waals surface area (Å²) in [5.74, 6) is -0.383. The van der Waals surface area contributed by atoms with Gasteiger partial charge in [-0.05, 0) is 56.3 Å². The molecule has 2 aromatic carbocycles. The fourth-order valence-corrected chi connectivity index (χ4v) is 3.96. The van der Waals surface area contributed by atoms with Crippen molar-refractivity contribution in [1.29, 1.82) is 0 Å². The lowest BCUT2D eigenvalue weighted by Crippen LogP contribution is -2.48. The van der Waals surface area contributed by atoms with Crippen molar-refractivity contribution in [3.8, 4) is 5.69 Å². The molecule has 0 atom stereocenters. The first kappa shape index (κ1) is 22.2. The third kappa shape index (κ3) is 4.77. The lowest BCUT2D eigenvalue weighted by Gasteiger charge is -2.35. The van der Waals surface area contributed by atoms with E-state index in [1.165, 1.54) is 24.3 Å². The highest BCUT2D eigenvalue weighted by atomic mass is 19.1. The van der Waals surface area contributed by atoms with Gasteiger partial charge < -0.3 is 9.80 Å². The number of nitro benzene ring substituents is 1. The topological polar surface area (TPSA) is 84.5 Å². The number of piperazine rings is 1. The van der Waals surface area contributed by atoms with Crippen LogP contribution in [0.25, 0.3) is 11.8 Å². The molecule has 3 aromatic rings. The first-order valence-electron chi connectivity index (χ1n) is 10.6. The van der Waals surface area contributed by atoms with Crippen LogP contribution < -0.4 is 4.90 Å². The minimum atomic E-state index is -0.417. The summed E-state index contributed by atoms with van der Waals surface area (Å²) in [7, 11) is 0. The molecule has 9 heteroatoms. The van der Waals surface area contributed by atoms with Gasteiger partial charge in [-0.15, -0.1) is 0 Å². The first-order chi connectivity index (χ1) is 15.8. The van der Waals surface area contributed by atoms with E-state index in [-0.39, 0.29) is 17.4 Å². The highest BCUT2D eigenvalue weighted by Gasteiger charge is 2.21. The first-order valence-corrected chi connectivity index (χ1v) is 10.6. The summed E-state index contributed by atoms with van der Waals surface area (Å²) in [4.78, 5) is 27.0. The summed E-state index contributed by atoms with van der Waals surface area (Å²) in [6.07, 6.45) is 3.34. The lowest BCUT2D eigenvalue weighted by molar-refractivity contribution is -0.384. The monoisotopic (exact) mass is 449 g/mol. The largest absolute Gasteiger partial charge is 0.368 e. The molecule has 1 aliphatic rings. The number of benzene rings is 2. The number of amides is 1. The lowest BCUT2D eigenvalue weighted by atomic mass is 10.1. The summed E-state index contributed by atoms with van der Waals surface area (Å²) in [5, 5.41) is 15.4. The van der Waals surface area contributed by atoms with Crippen LogP contribution in [-0.2, 0) is 4.79 Å². The molecule has 0 N–H and O–H groups in total. The maximum Gasteiger partial charge on any atom is 0.269 e. The second kappa shape index (κ2) is 9.23. The normalized spacial score (nSPS) is 14.2. The van der Waals surface area contributed by atoms with E-state index in [1.54, 1.807) is 46.0 Å². The van der Waals surface area contributed by atoms with Crippen LogP contribution in [0, 0.1) is 29.8 Å². The van der Waals surface area contributed by atoms with Gasteiger partial charge in [0, 0.05) is 61.3 Å². The molecular formula is C24H24FN5O3. The highest BCUT2D eigenvalue weighted by Crippen LogP contribution is 2.22. The van der Waals surface area contributed by atoms with E-state index in [9.17, 15) is 19.3 Å². The van der Waals surface area contributed by atoms with E-state index in [4.69, 9.17) is 0 Å². The number of aryl methyl sites for hydroxylation is 1. The van der Waals surface area contributed by atoms with Gasteiger partial charge >= 0.3 is 0 Å². The average molecular weight is 449 g/mol. The Morgan fingerprint density at radius 2 is 1.61 bits per heavy atom. The molecule has 170 valence electrons. The zero-order valence-corrected chi connectivity index (χ0v) is 18.4. The van der Waals surface area contributed by atoms with E-state index < -0.39 is 4.92 Å². The number of nitro groups is 1. The Hall–Kier alpha value is -4.01. The van der Waals surface area contributed by atoms with Gasteiger partial charge in [0.2, 0.25) is 5.91 Å².